The molecule has 2 heteroatoms. The summed E-state index contributed by atoms with van der Waals surface area (Å²) in [6, 6.07) is 5.66. The van der Waals surface area contributed by atoms with Crippen molar-refractivity contribution in [1.82, 2.24) is 0 Å². The smallest absolute Gasteiger partial charge is 0.123 e. The zero-order valence-corrected chi connectivity index (χ0v) is 9.28. The fourth-order valence-corrected chi connectivity index (χ4v) is 3.48. The van der Waals surface area contributed by atoms with Crippen molar-refractivity contribution in [2.24, 2.45) is 5.92 Å². The van der Waals surface area contributed by atoms with Gasteiger partial charge in [0.25, 0.3) is 0 Å². The Morgan fingerprint density at radius 1 is 1.38 bits per heavy atom. The van der Waals surface area contributed by atoms with Crippen LogP contribution in [0.5, 0.6) is 5.75 Å². The number of phenolic OH excluding ortho intramolecular Hbond substituents is 1. The van der Waals surface area contributed by atoms with E-state index in [1.54, 1.807) is 6.07 Å². The summed E-state index contributed by atoms with van der Waals surface area (Å²) in [5.41, 5.74) is 2.63. The van der Waals surface area contributed by atoms with Gasteiger partial charge in [-0.2, -0.15) is 0 Å². The number of hydrogen-bond acceptors (Lipinski definition) is 2. The van der Waals surface area contributed by atoms with E-state index in [0.29, 0.717) is 5.75 Å². The Morgan fingerprint density at radius 3 is 2.94 bits per heavy atom. The minimum Gasteiger partial charge on any atom is -0.508 e. The van der Waals surface area contributed by atoms with E-state index in [9.17, 15) is 9.90 Å². The molecular weight excluding hydrogens is 200 g/mol. The molecule has 0 amide bonds. The molecule has 0 radical (unpaired) electrons. The number of aryl methyl sites for hydroxylation is 1. The summed E-state index contributed by atoms with van der Waals surface area (Å²) in [5, 5.41) is 9.61. The maximum atomic E-state index is 11.1. The summed E-state index contributed by atoms with van der Waals surface area (Å²) in [7, 11) is 0. The topological polar surface area (TPSA) is 37.3 Å². The van der Waals surface area contributed by atoms with Crippen molar-refractivity contribution in [2.45, 2.75) is 37.5 Å². The summed E-state index contributed by atoms with van der Waals surface area (Å²) in [5.74, 6) is 0.505. The molecule has 1 aromatic rings. The molecule has 0 aliphatic heterocycles. The molecule has 16 heavy (non-hydrogen) atoms. The van der Waals surface area contributed by atoms with Crippen LogP contribution in [0.4, 0.5) is 0 Å². The third-order valence-corrected chi connectivity index (χ3v) is 4.47. The molecule has 0 unspecified atom stereocenters. The molecule has 0 aromatic heterocycles. The van der Waals surface area contributed by atoms with Crippen molar-refractivity contribution in [3.63, 3.8) is 0 Å². The van der Waals surface area contributed by atoms with Crippen molar-refractivity contribution in [1.29, 1.82) is 0 Å². The van der Waals surface area contributed by atoms with Crippen molar-refractivity contribution in [3.05, 3.63) is 29.3 Å². The van der Waals surface area contributed by atoms with Crippen molar-refractivity contribution in [2.75, 3.05) is 0 Å². The van der Waals surface area contributed by atoms with Gasteiger partial charge in [-0.15, -0.1) is 0 Å². The van der Waals surface area contributed by atoms with Gasteiger partial charge in [-0.25, -0.2) is 0 Å². The fraction of sp³-hybridized carbons (Fsp3) is 0.500. The lowest BCUT2D eigenvalue weighted by molar-refractivity contribution is -0.117. The molecule has 1 fully saturated rings. The molecule has 1 aromatic carbocycles. The average Bonchev–Trinajstić information content (AvgIpc) is 2.27. The predicted octanol–water partition coefficient (Wildman–Crippen LogP) is 2.58. The molecule has 0 saturated heterocycles. The number of hydrogen-bond donors (Lipinski definition) is 1. The van der Waals surface area contributed by atoms with Crippen LogP contribution >= 0.6 is 0 Å². The third-order valence-electron chi connectivity index (χ3n) is 4.47. The third kappa shape index (κ3) is 1.16. The highest BCUT2D eigenvalue weighted by Gasteiger charge is 2.49. The largest absolute Gasteiger partial charge is 0.508 e. The Bertz CT molecular complexity index is 438. The lowest BCUT2D eigenvalue weighted by atomic mass is 9.52. The van der Waals surface area contributed by atoms with Gasteiger partial charge in [0, 0.05) is 11.3 Å². The van der Waals surface area contributed by atoms with Gasteiger partial charge in [0.2, 0.25) is 0 Å². The Balaban J connectivity index is 2.12. The fourth-order valence-electron chi connectivity index (χ4n) is 3.48. The van der Waals surface area contributed by atoms with Gasteiger partial charge in [-0.3, -0.25) is 0 Å². The van der Waals surface area contributed by atoms with Gasteiger partial charge in [0.05, 0.1) is 0 Å². The molecule has 1 saturated carbocycles. The first-order valence-electron chi connectivity index (χ1n) is 6.04. The van der Waals surface area contributed by atoms with Crippen LogP contribution in [-0.4, -0.2) is 11.4 Å². The van der Waals surface area contributed by atoms with Gasteiger partial charge < -0.3 is 9.90 Å². The quantitative estimate of drug-likeness (QED) is 0.732. The Labute approximate surface area is 95.3 Å². The zero-order chi connectivity index (χ0) is 11.2. The highest BCUT2D eigenvalue weighted by atomic mass is 16.3. The molecule has 0 heterocycles. The summed E-state index contributed by atoms with van der Waals surface area (Å²) in [6.45, 7) is 0. The first kappa shape index (κ1) is 9.88. The van der Waals surface area contributed by atoms with Crippen LogP contribution in [0.25, 0.3) is 0 Å². The second-order valence-corrected chi connectivity index (χ2v) is 5.13. The van der Waals surface area contributed by atoms with Crippen LogP contribution in [0.1, 0.15) is 36.8 Å². The van der Waals surface area contributed by atoms with E-state index < -0.39 is 0 Å². The predicted molar refractivity (Wildman–Crippen MR) is 61.5 cm³/mol. The van der Waals surface area contributed by atoms with Crippen LogP contribution in [0.2, 0.25) is 0 Å². The van der Waals surface area contributed by atoms with E-state index in [-0.39, 0.29) is 11.3 Å². The number of fused-ring (bicyclic) bond motifs is 2. The second-order valence-electron chi connectivity index (χ2n) is 5.13. The Hall–Kier alpha value is -1.31. The lowest BCUT2D eigenvalue weighted by Gasteiger charge is -2.51. The van der Waals surface area contributed by atoms with Crippen LogP contribution in [0.3, 0.4) is 0 Å². The van der Waals surface area contributed by atoms with Crippen LogP contribution < -0.4 is 0 Å². The molecule has 2 aliphatic rings. The van der Waals surface area contributed by atoms with E-state index in [1.165, 1.54) is 17.5 Å². The Morgan fingerprint density at radius 2 is 2.25 bits per heavy atom. The Kier molecular flexibility index (Phi) is 2.06. The first-order chi connectivity index (χ1) is 7.76. The van der Waals surface area contributed by atoms with Gasteiger partial charge in [0.15, 0.2) is 0 Å². The number of carbonyl (C=O) groups is 1. The lowest BCUT2D eigenvalue weighted by Crippen LogP contribution is -2.47. The van der Waals surface area contributed by atoms with Crippen molar-refractivity contribution in [3.8, 4) is 5.75 Å². The van der Waals surface area contributed by atoms with E-state index in [4.69, 9.17) is 0 Å². The van der Waals surface area contributed by atoms with Gasteiger partial charge >= 0.3 is 0 Å². The number of rotatable bonds is 1. The standard InChI is InChI=1S/C14H16O2/c15-9-11-5-7-14(11)6-1-2-10-3-4-12(16)8-13(10)14/h3-4,8-9,11,16H,1-2,5-7H2/t11-,14+/m0/s1. The van der Waals surface area contributed by atoms with E-state index in [0.717, 1.165) is 32.0 Å². The number of aromatic hydroxyl groups is 1. The first-order valence-corrected chi connectivity index (χ1v) is 6.04. The number of phenols is 1. The summed E-state index contributed by atoms with van der Waals surface area (Å²) in [4.78, 5) is 11.1. The highest BCUT2D eigenvalue weighted by molar-refractivity contribution is 5.62. The normalized spacial score (nSPS) is 31.9. The second kappa shape index (κ2) is 3.34. The van der Waals surface area contributed by atoms with Gasteiger partial charge in [0.1, 0.15) is 12.0 Å². The molecule has 2 nitrogen and oxygen atoms in total. The van der Waals surface area contributed by atoms with Gasteiger partial charge in [-0.05, 0) is 55.4 Å². The highest BCUT2D eigenvalue weighted by Crippen LogP contribution is 2.54. The average molecular weight is 216 g/mol. The molecular formula is C14H16O2. The molecule has 1 N–H and O–H groups in total. The van der Waals surface area contributed by atoms with Crippen LogP contribution in [0.15, 0.2) is 18.2 Å². The molecule has 84 valence electrons. The SMILES string of the molecule is O=C[C@@H]1CC[C@]12CCCc1ccc(O)cc12. The number of carbonyl (C=O) groups excluding carboxylic acids is 1. The molecule has 2 aliphatic carbocycles. The zero-order valence-electron chi connectivity index (χ0n) is 9.28. The molecule has 2 atom stereocenters. The summed E-state index contributed by atoms with van der Waals surface area (Å²) in [6.07, 6.45) is 6.59. The van der Waals surface area contributed by atoms with E-state index in [1.807, 2.05) is 12.1 Å². The summed E-state index contributed by atoms with van der Waals surface area (Å²) < 4.78 is 0. The van der Waals surface area contributed by atoms with E-state index >= 15 is 0 Å². The molecule has 3 rings (SSSR count). The molecule has 1 spiro atoms. The maximum absolute atomic E-state index is 11.1. The minimum atomic E-state index is 0.0636. The molecule has 0 bridgehead atoms. The number of benzene rings is 1. The van der Waals surface area contributed by atoms with E-state index in [2.05, 4.69) is 0 Å². The van der Waals surface area contributed by atoms with Crippen LogP contribution in [0, 0.1) is 5.92 Å². The maximum Gasteiger partial charge on any atom is 0.123 e. The van der Waals surface area contributed by atoms with Crippen molar-refractivity contribution < 1.29 is 9.90 Å². The summed E-state index contributed by atoms with van der Waals surface area (Å²) >= 11 is 0. The van der Waals surface area contributed by atoms with Crippen LogP contribution in [-0.2, 0) is 16.6 Å². The van der Waals surface area contributed by atoms with Crippen molar-refractivity contribution >= 4 is 6.29 Å². The van der Waals surface area contributed by atoms with Gasteiger partial charge in [-0.1, -0.05) is 6.07 Å². The number of aldehydes is 1. The minimum absolute atomic E-state index is 0.0636. The monoisotopic (exact) mass is 216 g/mol.